The lowest BCUT2D eigenvalue weighted by Gasteiger charge is -2.32. The number of benzene rings is 2. The Morgan fingerprint density at radius 1 is 0.957 bits per heavy atom. The van der Waals surface area contributed by atoms with Crippen LogP contribution in [0, 0.1) is 0 Å². The van der Waals surface area contributed by atoms with Gasteiger partial charge in [-0.1, -0.05) is 59.6 Å². The molecule has 2 aromatic carbocycles. The molecule has 23 heavy (non-hydrogen) atoms. The minimum Gasteiger partial charge on any atom is -0.360 e. The number of hydrogen-bond donors (Lipinski definition) is 0. The zero-order valence-corrected chi connectivity index (χ0v) is 13.6. The van der Waals surface area contributed by atoms with Gasteiger partial charge in [0, 0.05) is 17.2 Å². The maximum Gasteiger partial charge on any atom is 0.425 e. The van der Waals surface area contributed by atoms with Crippen LogP contribution in [0.25, 0.3) is 6.08 Å². The standard InChI is InChI=1S/C17H13Cl2F3O/c1-23-16(17(20,21)22,8-7-12-5-3-2-4-6-12)13-9-14(18)11-15(19)10-13/h2-11H,1H3. The molecule has 0 aliphatic carbocycles. The van der Waals surface area contributed by atoms with Crippen molar-refractivity contribution in [1.82, 2.24) is 0 Å². The van der Waals surface area contributed by atoms with Gasteiger partial charge in [0.1, 0.15) is 0 Å². The van der Waals surface area contributed by atoms with E-state index in [2.05, 4.69) is 0 Å². The number of hydrogen-bond acceptors (Lipinski definition) is 1. The quantitative estimate of drug-likeness (QED) is 0.638. The van der Waals surface area contributed by atoms with Crippen LogP contribution in [0.2, 0.25) is 10.0 Å². The summed E-state index contributed by atoms with van der Waals surface area (Å²) in [4.78, 5) is 0. The first-order valence-electron chi connectivity index (χ1n) is 6.61. The Morgan fingerprint density at radius 2 is 1.52 bits per heavy atom. The fraction of sp³-hybridized carbons (Fsp3) is 0.176. The number of rotatable bonds is 4. The fourth-order valence-electron chi connectivity index (χ4n) is 2.20. The van der Waals surface area contributed by atoms with Crippen LogP contribution < -0.4 is 0 Å². The van der Waals surface area contributed by atoms with E-state index in [1.54, 1.807) is 30.3 Å². The monoisotopic (exact) mass is 360 g/mol. The van der Waals surface area contributed by atoms with Crippen molar-refractivity contribution in [1.29, 1.82) is 0 Å². The first-order chi connectivity index (χ1) is 10.8. The number of ether oxygens (including phenoxy) is 1. The van der Waals surface area contributed by atoms with Gasteiger partial charge in [0.15, 0.2) is 0 Å². The van der Waals surface area contributed by atoms with Crippen LogP contribution in [0.5, 0.6) is 0 Å². The third kappa shape index (κ3) is 3.89. The first kappa shape index (κ1) is 17.9. The van der Waals surface area contributed by atoms with Gasteiger partial charge in [-0.05, 0) is 35.4 Å². The lowest BCUT2D eigenvalue weighted by Crippen LogP contribution is -2.42. The molecule has 2 aromatic rings. The summed E-state index contributed by atoms with van der Waals surface area (Å²) in [5, 5.41) is 0.206. The van der Waals surface area contributed by atoms with Crippen LogP contribution >= 0.6 is 23.2 Å². The molecule has 0 amide bonds. The highest BCUT2D eigenvalue weighted by Gasteiger charge is 2.55. The Morgan fingerprint density at radius 3 is 2.00 bits per heavy atom. The third-order valence-corrected chi connectivity index (χ3v) is 3.78. The summed E-state index contributed by atoms with van der Waals surface area (Å²) >= 11 is 11.7. The van der Waals surface area contributed by atoms with E-state index in [0.717, 1.165) is 13.2 Å². The SMILES string of the molecule is COC(C=Cc1ccccc1)(c1cc(Cl)cc(Cl)c1)C(F)(F)F. The Labute approximate surface area is 142 Å². The van der Waals surface area contributed by atoms with E-state index in [4.69, 9.17) is 27.9 Å². The highest BCUT2D eigenvalue weighted by molar-refractivity contribution is 6.34. The van der Waals surface area contributed by atoms with Crippen molar-refractivity contribution in [2.75, 3.05) is 7.11 Å². The van der Waals surface area contributed by atoms with Gasteiger partial charge >= 0.3 is 6.18 Å². The molecule has 0 saturated carbocycles. The highest BCUT2D eigenvalue weighted by Crippen LogP contribution is 2.44. The fourth-order valence-corrected chi connectivity index (χ4v) is 2.73. The molecule has 6 heteroatoms. The van der Waals surface area contributed by atoms with E-state index in [-0.39, 0.29) is 15.6 Å². The van der Waals surface area contributed by atoms with Crippen LogP contribution in [0.4, 0.5) is 13.2 Å². The summed E-state index contributed by atoms with van der Waals surface area (Å²) in [7, 11) is 0.998. The zero-order chi connectivity index (χ0) is 17.1. The lowest BCUT2D eigenvalue weighted by atomic mass is 9.91. The molecule has 0 aromatic heterocycles. The Kier molecular flexibility index (Phi) is 5.40. The van der Waals surface area contributed by atoms with Crippen molar-refractivity contribution in [3.8, 4) is 0 Å². The Balaban J connectivity index is 2.59. The highest BCUT2D eigenvalue weighted by atomic mass is 35.5. The molecular weight excluding hydrogens is 348 g/mol. The van der Waals surface area contributed by atoms with Crippen molar-refractivity contribution in [3.05, 3.63) is 75.8 Å². The molecule has 0 aliphatic heterocycles. The van der Waals surface area contributed by atoms with Crippen LogP contribution in [-0.4, -0.2) is 13.3 Å². The average molecular weight is 361 g/mol. The molecular formula is C17H13Cl2F3O. The maximum atomic E-state index is 13.8. The number of alkyl halides is 3. The van der Waals surface area contributed by atoms with Gasteiger partial charge in [-0.2, -0.15) is 13.2 Å². The predicted molar refractivity (Wildman–Crippen MR) is 86.7 cm³/mol. The minimum atomic E-state index is -4.69. The molecule has 122 valence electrons. The van der Waals surface area contributed by atoms with Crippen LogP contribution in [-0.2, 0) is 10.3 Å². The largest absolute Gasteiger partial charge is 0.425 e. The lowest BCUT2D eigenvalue weighted by molar-refractivity contribution is -0.254. The molecule has 1 unspecified atom stereocenters. The van der Waals surface area contributed by atoms with E-state index in [9.17, 15) is 13.2 Å². The first-order valence-corrected chi connectivity index (χ1v) is 7.37. The molecule has 1 nitrogen and oxygen atoms in total. The van der Waals surface area contributed by atoms with Gasteiger partial charge in [0.25, 0.3) is 0 Å². The maximum absolute atomic E-state index is 13.8. The van der Waals surface area contributed by atoms with Crippen molar-refractivity contribution in [2.24, 2.45) is 0 Å². The van der Waals surface area contributed by atoms with Crippen molar-refractivity contribution in [2.45, 2.75) is 11.8 Å². The molecule has 0 radical (unpaired) electrons. The van der Waals surface area contributed by atoms with Crippen molar-refractivity contribution < 1.29 is 17.9 Å². The number of halogens is 5. The molecule has 1 atom stereocenters. The summed E-state index contributed by atoms with van der Waals surface area (Å²) in [5.41, 5.74) is -2.21. The molecule has 0 saturated heterocycles. The summed E-state index contributed by atoms with van der Waals surface area (Å²) in [6.45, 7) is 0. The molecule has 0 aliphatic rings. The van der Waals surface area contributed by atoms with Crippen LogP contribution in [0.15, 0.2) is 54.6 Å². The number of methoxy groups -OCH3 is 1. The average Bonchev–Trinajstić information content (AvgIpc) is 2.47. The third-order valence-electron chi connectivity index (χ3n) is 3.34. The summed E-state index contributed by atoms with van der Waals surface area (Å²) in [5.74, 6) is 0. The van der Waals surface area contributed by atoms with Gasteiger partial charge in [-0.3, -0.25) is 0 Å². The predicted octanol–water partition coefficient (Wildman–Crippen LogP) is 6.11. The second-order valence-corrected chi connectivity index (χ2v) is 5.71. The Hall–Kier alpha value is -1.49. The Bertz CT molecular complexity index is 678. The molecule has 2 rings (SSSR count). The van der Waals surface area contributed by atoms with Crippen LogP contribution in [0.3, 0.4) is 0 Å². The van der Waals surface area contributed by atoms with E-state index in [1.165, 1.54) is 24.3 Å². The minimum absolute atomic E-state index is 0.103. The van der Waals surface area contributed by atoms with Gasteiger partial charge < -0.3 is 4.74 Å². The van der Waals surface area contributed by atoms with Gasteiger partial charge in [-0.15, -0.1) is 0 Å². The van der Waals surface area contributed by atoms with E-state index in [1.807, 2.05) is 0 Å². The zero-order valence-electron chi connectivity index (χ0n) is 12.1. The summed E-state index contributed by atoms with van der Waals surface area (Å²) in [6.07, 6.45) is -2.38. The van der Waals surface area contributed by atoms with E-state index >= 15 is 0 Å². The van der Waals surface area contributed by atoms with E-state index in [0.29, 0.717) is 5.56 Å². The van der Waals surface area contributed by atoms with E-state index < -0.39 is 11.8 Å². The normalized spacial score (nSPS) is 14.9. The molecule has 0 bridgehead atoms. The summed E-state index contributed by atoms with van der Waals surface area (Å²) in [6, 6.07) is 12.4. The van der Waals surface area contributed by atoms with Gasteiger partial charge in [0.2, 0.25) is 5.60 Å². The summed E-state index contributed by atoms with van der Waals surface area (Å²) < 4.78 is 46.2. The van der Waals surface area contributed by atoms with Crippen LogP contribution in [0.1, 0.15) is 11.1 Å². The van der Waals surface area contributed by atoms with Crippen molar-refractivity contribution >= 4 is 29.3 Å². The smallest absolute Gasteiger partial charge is 0.360 e. The van der Waals surface area contributed by atoms with Crippen molar-refractivity contribution in [3.63, 3.8) is 0 Å². The van der Waals surface area contributed by atoms with Gasteiger partial charge in [-0.25, -0.2) is 0 Å². The topological polar surface area (TPSA) is 9.23 Å². The second-order valence-electron chi connectivity index (χ2n) is 4.84. The molecule has 0 heterocycles. The molecule has 0 spiro atoms. The molecule has 0 N–H and O–H groups in total. The second kappa shape index (κ2) is 6.95. The van der Waals surface area contributed by atoms with Gasteiger partial charge in [0.05, 0.1) is 0 Å². The molecule has 0 fully saturated rings.